The van der Waals surface area contributed by atoms with Crippen LogP contribution in [0.2, 0.25) is 0 Å². The molecule has 104 valence electrons. The number of hydrogen-bond acceptors (Lipinski definition) is 4. The maximum absolute atomic E-state index is 11.5. The van der Waals surface area contributed by atoms with Crippen molar-refractivity contribution in [2.45, 2.75) is 51.1 Å². The smallest absolute Gasteiger partial charge is 0.326 e. The van der Waals surface area contributed by atoms with Crippen molar-refractivity contribution < 1.29 is 24.6 Å². The van der Waals surface area contributed by atoms with Gasteiger partial charge >= 0.3 is 11.9 Å². The average molecular weight is 260 g/mol. The Labute approximate surface area is 105 Å². The molecule has 0 unspecified atom stereocenters. The fourth-order valence-electron chi connectivity index (χ4n) is 1.44. The second-order valence-electron chi connectivity index (χ2n) is 4.08. The van der Waals surface area contributed by atoms with Gasteiger partial charge in [-0.15, -0.1) is 0 Å². The highest BCUT2D eigenvalue weighted by molar-refractivity contribution is 5.86. The van der Waals surface area contributed by atoms with Gasteiger partial charge in [0.25, 0.3) is 0 Å². The molecule has 7 nitrogen and oxygen atoms in total. The molecule has 0 fully saturated rings. The first-order chi connectivity index (χ1) is 8.38. The maximum atomic E-state index is 11.5. The van der Waals surface area contributed by atoms with E-state index in [1.54, 1.807) is 0 Å². The van der Waals surface area contributed by atoms with E-state index in [0.717, 1.165) is 6.42 Å². The van der Waals surface area contributed by atoms with Crippen LogP contribution in [0.1, 0.15) is 39.0 Å². The lowest BCUT2D eigenvalue weighted by molar-refractivity contribution is -0.143. The van der Waals surface area contributed by atoms with E-state index >= 15 is 0 Å². The van der Waals surface area contributed by atoms with E-state index in [2.05, 4.69) is 5.32 Å². The molecule has 0 aliphatic carbocycles. The van der Waals surface area contributed by atoms with Gasteiger partial charge in [-0.05, 0) is 19.3 Å². The number of carboxylic acid groups (broad SMARTS) is 2. The molecule has 0 aliphatic heterocycles. The molecule has 0 spiro atoms. The van der Waals surface area contributed by atoms with Crippen LogP contribution < -0.4 is 11.1 Å². The number of nitrogens with one attached hydrogen (secondary N) is 1. The van der Waals surface area contributed by atoms with Gasteiger partial charge in [0.05, 0.1) is 6.04 Å². The van der Waals surface area contributed by atoms with Crippen LogP contribution in [0.25, 0.3) is 0 Å². The van der Waals surface area contributed by atoms with Gasteiger partial charge in [0.2, 0.25) is 5.91 Å². The summed E-state index contributed by atoms with van der Waals surface area (Å²) in [7, 11) is 0. The summed E-state index contributed by atoms with van der Waals surface area (Å²) in [5, 5.41) is 19.7. The minimum absolute atomic E-state index is 0.0756. The minimum Gasteiger partial charge on any atom is -0.481 e. The quantitative estimate of drug-likeness (QED) is 0.459. The van der Waals surface area contributed by atoms with Crippen molar-refractivity contribution in [2.75, 3.05) is 0 Å². The van der Waals surface area contributed by atoms with Gasteiger partial charge in [-0.1, -0.05) is 13.3 Å². The molecule has 5 N–H and O–H groups in total. The molecule has 18 heavy (non-hydrogen) atoms. The molecule has 0 saturated carbocycles. The number of nitrogens with two attached hydrogens (primary N) is 1. The summed E-state index contributed by atoms with van der Waals surface area (Å²) in [4.78, 5) is 32.7. The Morgan fingerprint density at radius 2 is 1.83 bits per heavy atom. The van der Waals surface area contributed by atoms with Gasteiger partial charge in [-0.3, -0.25) is 9.59 Å². The van der Waals surface area contributed by atoms with Crippen LogP contribution in [0.5, 0.6) is 0 Å². The summed E-state index contributed by atoms with van der Waals surface area (Å²) in [6.45, 7) is 1.87. The van der Waals surface area contributed by atoms with Crippen molar-refractivity contribution in [3.8, 4) is 0 Å². The number of carboxylic acids is 2. The topological polar surface area (TPSA) is 130 Å². The number of carbonyl (C=O) groups excluding carboxylic acids is 1. The summed E-state index contributed by atoms with van der Waals surface area (Å²) in [6, 6.07) is -1.81. The lowest BCUT2D eigenvalue weighted by Crippen LogP contribution is -2.48. The first-order valence-electron chi connectivity index (χ1n) is 5.89. The van der Waals surface area contributed by atoms with Gasteiger partial charge in [0, 0.05) is 6.42 Å². The Morgan fingerprint density at radius 1 is 1.22 bits per heavy atom. The van der Waals surface area contributed by atoms with Crippen molar-refractivity contribution in [2.24, 2.45) is 5.73 Å². The highest BCUT2D eigenvalue weighted by atomic mass is 16.4. The number of rotatable bonds is 9. The summed E-state index contributed by atoms with van der Waals surface area (Å²) in [5.41, 5.74) is 5.55. The fraction of sp³-hybridized carbons (Fsp3) is 0.727. The average Bonchev–Trinajstić information content (AvgIpc) is 2.27. The Morgan fingerprint density at radius 3 is 2.28 bits per heavy atom. The third-order valence-corrected chi connectivity index (χ3v) is 2.43. The van der Waals surface area contributed by atoms with Crippen molar-refractivity contribution in [1.82, 2.24) is 5.32 Å². The molecule has 0 saturated heterocycles. The van der Waals surface area contributed by atoms with Crippen molar-refractivity contribution >= 4 is 17.8 Å². The molecule has 0 aromatic heterocycles. The van der Waals surface area contributed by atoms with E-state index in [0.29, 0.717) is 6.42 Å². The van der Waals surface area contributed by atoms with E-state index < -0.39 is 29.9 Å². The van der Waals surface area contributed by atoms with Crippen LogP contribution in [-0.2, 0) is 14.4 Å². The SMILES string of the molecule is CCC[C@H](N)C(=O)N[C@H](CCCC(=O)O)C(=O)O. The Balaban J connectivity index is 4.22. The van der Waals surface area contributed by atoms with Gasteiger partial charge in [0.15, 0.2) is 0 Å². The zero-order valence-corrected chi connectivity index (χ0v) is 10.4. The highest BCUT2D eigenvalue weighted by Gasteiger charge is 2.22. The number of hydrogen-bond donors (Lipinski definition) is 4. The second kappa shape index (κ2) is 8.46. The third kappa shape index (κ3) is 6.85. The molecule has 0 heterocycles. The molecule has 0 rings (SSSR count). The summed E-state index contributed by atoms with van der Waals surface area (Å²) in [5.74, 6) is -2.69. The largest absolute Gasteiger partial charge is 0.481 e. The predicted molar refractivity (Wildman–Crippen MR) is 63.9 cm³/mol. The monoisotopic (exact) mass is 260 g/mol. The molecule has 7 heteroatoms. The molecular weight excluding hydrogens is 240 g/mol. The third-order valence-electron chi connectivity index (χ3n) is 2.43. The van der Waals surface area contributed by atoms with Gasteiger partial charge in [-0.2, -0.15) is 0 Å². The molecule has 0 aliphatic rings. The van der Waals surface area contributed by atoms with Crippen molar-refractivity contribution in [3.05, 3.63) is 0 Å². The number of amides is 1. The van der Waals surface area contributed by atoms with E-state index in [-0.39, 0.29) is 19.3 Å². The number of carbonyl (C=O) groups is 3. The fourth-order valence-corrected chi connectivity index (χ4v) is 1.44. The van der Waals surface area contributed by atoms with E-state index in [1.807, 2.05) is 6.92 Å². The van der Waals surface area contributed by atoms with E-state index in [4.69, 9.17) is 15.9 Å². The number of aliphatic carboxylic acids is 2. The molecule has 0 aromatic carbocycles. The van der Waals surface area contributed by atoms with Crippen molar-refractivity contribution in [3.63, 3.8) is 0 Å². The Bertz CT molecular complexity index is 306. The van der Waals surface area contributed by atoms with Gasteiger partial charge < -0.3 is 21.3 Å². The van der Waals surface area contributed by atoms with E-state index in [1.165, 1.54) is 0 Å². The second-order valence-corrected chi connectivity index (χ2v) is 4.08. The standard InChI is InChI=1S/C11H20N2O5/c1-2-4-7(12)10(16)13-8(11(17)18)5-3-6-9(14)15/h7-8H,2-6,12H2,1H3,(H,13,16)(H,14,15)(H,17,18)/t7-,8+/m0/s1. The van der Waals surface area contributed by atoms with Crippen LogP contribution in [0.3, 0.4) is 0 Å². The van der Waals surface area contributed by atoms with Crippen LogP contribution in [-0.4, -0.2) is 40.1 Å². The normalized spacial score (nSPS) is 13.7. The molecule has 0 aromatic rings. The molecule has 2 atom stereocenters. The van der Waals surface area contributed by atoms with Crippen LogP contribution >= 0.6 is 0 Å². The van der Waals surface area contributed by atoms with Gasteiger partial charge in [-0.25, -0.2) is 4.79 Å². The first-order valence-corrected chi connectivity index (χ1v) is 5.89. The van der Waals surface area contributed by atoms with Crippen LogP contribution in [0.4, 0.5) is 0 Å². The highest BCUT2D eigenvalue weighted by Crippen LogP contribution is 2.03. The molecular formula is C11H20N2O5. The first kappa shape index (κ1) is 16.4. The maximum Gasteiger partial charge on any atom is 0.326 e. The minimum atomic E-state index is -1.18. The van der Waals surface area contributed by atoms with Crippen molar-refractivity contribution in [1.29, 1.82) is 0 Å². The zero-order valence-electron chi connectivity index (χ0n) is 10.4. The molecule has 0 bridgehead atoms. The summed E-state index contributed by atoms with van der Waals surface area (Å²) in [6.07, 6.45) is 1.35. The Kier molecular flexibility index (Phi) is 7.69. The Hall–Kier alpha value is -1.63. The molecule has 1 amide bonds. The summed E-state index contributed by atoms with van der Waals surface area (Å²) >= 11 is 0. The van der Waals surface area contributed by atoms with Crippen LogP contribution in [0.15, 0.2) is 0 Å². The van der Waals surface area contributed by atoms with Crippen LogP contribution in [0, 0.1) is 0 Å². The van der Waals surface area contributed by atoms with Gasteiger partial charge in [0.1, 0.15) is 6.04 Å². The lowest BCUT2D eigenvalue weighted by atomic mass is 10.1. The molecule has 0 radical (unpaired) electrons. The predicted octanol–water partition coefficient (Wildman–Crippen LogP) is -0.0619. The lowest BCUT2D eigenvalue weighted by Gasteiger charge is -2.17. The zero-order chi connectivity index (χ0) is 14.1. The summed E-state index contributed by atoms with van der Waals surface area (Å²) < 4.78 is 0. The van der Waals surface area contributed by atoms with E-state index in [9.17, 15) is 14.4 Å².